The predicted octanol–water partition coefficient (Wildman–Crippen LogP) is 3.16. The summed E-state index contributed by atoms with van der Waals surface area (Å²) in [5.74, 6) is 6.80. The van der Waals surface area contributed by atoms with E-state index < -0.39 is 5.60 Å². The summed E-state index contributed by atoms with van der Waals surface area (Å²) in [6, 6.07) is 10.0. The van der Waals surface area contributed by atoms with Gasteiger partial charge in [-0.25, -0.2) is 0 Å². The lowest BCUT2D eigenvalue weighted by molar-refractivity contribution is 0.0367. The maximum Gasteiger partial charge on any atom is 0.153 e. The van der Waals surface area contributed by atoms with E-state index in [1.165, 1.54) is 25.7 Å². The molecule has 1 atom stereocenters. The first-order valence-corrected chi connectivity index (χ1v) is 8.29. The third-order valence-corrected chi connectivity index (χ3v) is 4.94. The first-order chi connectivity index (χ1) is 10.3. The number of likely N-dealkylation sites (tertiary alicyclic amines) is 1. The fourth-order valence-electron chi connectivity index (χ4n) is 3.67. The molecule has 0 spiro atoms. The monoisotopic (exact) mass is 283 g/mol. The van der Waals surface area contributed by atoms with Gasteiger partial charge in [0.1, 0.15) is 0 Å². The van der Waals surface area contributed by atoms with E-state index in [9.17, 15) is 5.11 Å². The van der Waals surface area contributed by atoms with Crippen molar-refractivity contribution in [3.8, 4) is 11.8 Å². The SMILES string of the molecule is O[C@](C#CCN1CCCC1)(c1ccccc1)C1CCCC1. The van der Waals surface area contributed by atoms with Gasteiger partial charge in [0.2, 0.25) is 0 Å². The molecule has 0 aromatic heterocycles. The summed E-state index contributed by atoms with van der Waals surface area (Å²) in [5, 5.41) is 11.3. The van der Waals surface area contributed by atoms with Crippen LogP contribution in [0.5, 0.6) is 0 Å². The highest BCUT2D eigenvalue weighted by Gasteiger charge is 2.38. The summed E-state index contributed by atoms with van der Waals surface area (Å²) < 4.78 is 0. The summed E-state index contributed by atoms with van der Waals surface area (Å²) in [5.41, 5.74) is 0.00289. The van der Waals surface area contributed by atoms with Gasteiger partial charge in [-0.3, -0.25) is 4.90 Å². The summed E-state index contributed by atoms with van der Waals surface area (Å²) >= 11 is 0. The molecular formula is C19H25NO. The van der Waals surface area contributed by atoms with Crippen LogP contribution in [-0.2, 0) is 5.60 Å². The molecule has 0 bridgehead atoms. The molecule has 0 unspecified atom stereocenters. The molecule has 21 heavy (non-hydrogen) atoms. The van der Waals surface area contributed by atoms with E-state index in [0.717, 1.165) is 38.0 Å². The number of rotatable bonds is 3. The Balaban J connectivity index is 1.80. The molecule has 2 heteroatoms. The fourth-order valence-corrected chi connectivity index (χ4v) is 3.67. The molecule has 1 aromatic carbocycles. The van der Waals surface area contributed by atoms with Crippen molar-refractivity contribution in [1.82, 2.24) is 4.90 Å². The average Bonchev–Trinajstić information content (AvgIpc) is 3.21. The van der Waals surface area contributed by atoms with Crippen molar-refractivity contribution in [2.45, 2.75) is 44.1 Å². The van der Waals surface area contributed by atoms with Crippen molar-refractivity contribution in [3.63, 3.8) is 0 Å². The first kappa shape index (κ1) is 14.6. The smallest absolute Gasteiger partial charge is 0.153 e. The number of hydrogen-bond donors (Lipinski definition) is 1. The van der Waals surface area contributed by atoms with Crippen LogP contribution in [0.15, 0.2) is 30.3 Å². The third-order valence-electron chi connectivity index (χ3n) is 4.94. The zero-order valence-electron chi connectivity index (χ0n) is 12.7. The minimum atomic E-state index is -0.961. The Bertz CT molecular complexity index is 503. The zero-order valence-corrected chi connectivity index (χ0v) is 12.7. The third kappa shape index (κ3) is 3.31. The highest BCUT2D eigenvalue weighted by atomic mass is 16.3. The van der Waals surface area contributed by atoms with Crippen molar-refractivity contribution >= 4 is 0 Å². The van der Waals surface area contributed by atoms with Gasteiger partial charge in [0, 0.05) is 5.92 Å². The van der Waals surface area contributed by atoms with Gasteiger partial charge in [-0.05, 0) is 44.3 Å². The minimum Gasteiger partial charge on any atom is -0.373 e. The number of hydrogen-bond acceptors (Lipinski definition) is 2. The van der Waals surface area contributed by atoms with Crippen molar-refractivity contribution in [2.75, 3.05) is 19.6 Å². The molecule has 1 aliphatic heterocycles. The van der Waals surface area contributed by atoms with Crippen LogP contribution in [0.4, 0.5) is 0 Å². The van der Waals surface area contributed by atoms with E-state index in [-0.39, 0.29) is 5.92 Å². The maximum absolute atomic E-state index is 11.3. The molecule has 3 rings (SSSR count). The Hall–Kier alpha value is -1.30. The van der Waals surface area contributed by atoms with Crippen LogP contribution in [-0.4, -0.2) is 29.6 Å². The molecule has 1 heterocycles. The van der Waals surface area contributed by atoms with Gasteiger partial charge in [0.15, 0.2) is 5.60 Å². The van der Waals surface area contributed by atoms with Gasteiger partial charge in [-0.15, -0.1) is 0 Å². The second kappa shape index (κ2) is 6.64. The molecule has 2 nitrogen and oxygen atoms in total. The summed E-state index contributed by atoms with van der Waals surface area (Å²) in [6.07, 6.45) is 7.18. The highest BCUT2D eigenvalue weighted by molar-refractivity contribution is 5.33. The Morgan fingerprint density at radius 3 is 2.38 bits per heavy atom. The second-order valence-corrected chi connectivity index (χ2v) is 6.40. The van der Waals surface area contributed by atoms with Crippen molar-refractivity contribution in [3.05, 3.63) is 35.9 Å². The Morgan fingerprint density at radius 1 is 1.05 bits per heavy atom. The summed E-state index contributed by atoms with van der Waals surface area (Å²) in [4.78, 5) is 2.38. The van der Waals surface area contributed by atoms with Crippen LogP contribution in [0.1, 0.15) is 44.1 Å². The average molecular weight is 283 g/mol. The van der Waals surface area contributed by atoms with Crippen LogP contribution < -0.4 is 0 Å². The maximum atomic E-state index is 11.3. The lowest BCUT2D eigenvalue weighted by Crippen LogP contribution is -2.32. The highest BCUT2D eigenvalue weighted by Crippen LogP contribution is 2.40. The van der Waals surface area contributed by atoms with E-state index in [1.807, 2.05) is 30.3 Å². The van der Waals surface area contributed by atoms with Crippen LogP contribution in [0.3, 0.4) is 0 Å². The molecule has 1 aromatic rings. The molecule has 0 radical (unpaired) electrons. The van der Waals surface area contributed by atoms with E-state index in [4.69, 9.17) is 0 Å². The molecule has 112 valence electrons. The quantitative estimate of drug-likeness (QED) is 0.861. The van der Waals surface area contributed by atoms with Gasteiger partial charge in [0.25, 0.3) is 0 Å². The molecule has 2 fully saturated rings. The van der Waals surface area contributed by atoms with Crippen LogP contribution in [0, 0.1) is 17.8 Å². The van der Waals surface area contributed by atoms with E-state index in [1.54, 1.807) is 0 Å². The topological polar surface area (TPSA) is 23.5 Å². The van der Waals surface area contributed by atoms with Crippen molar-refractivity contribution in [2.24, 2.45) is 5.92 Å². The normalized spacial score (nSPS) is 22.7. The fraction of sp³-hybridized carbons (Fsp3) is 0.579. The number of benzene rings is 1. The van der Waals surface area contributed by atoms with Crippen LogP contribution in [0.2, 0.25) is 0 Å². The molecular weight excluding hydrogens is 258 g/mol. The van der Waals surface area contributed by atoms with Crippen LogP contribution >= 0.6 is 0 Å². The molecule has 0 amide bonds. The number of aliphatic hydroxyl groups is 1. The Labute approximate surface area is 128 Å². The predicted molar refractivity (Wildman–Crippen MR) is 85.7 cm³/mol. The Kier molecular flexibility index (Phi) is 4.63. The van der Waals surface area contributed by atoms with Crippen molar-refractivity contribution in [1.29, 1.82) is 0 Å². The minimum absolute atomic E-state index is 0.283. The van der Waals surface area contributed by atoms with E-state index in [0.29, 0.717) is 0 Å². The Morgan fingerprint density at radius 2 is 1.71 bits per heavy atom. The lowest BCUT2D eigenvalue weighted by Gasteiger charge is -2.29. The standard InChI is InChI=1S/C19H25NO/c21-19(18-11-4-5-12-18,17-9-2-1-3-10-17)13-8-16-20-14-6-7-15-20/h1-3,9-10,18,21H,4-7,11-12,14-16H2/t19-/m1/s1. The molecule has 1 saturated carbocycles. The van der Waals surface area contributed by atoms with E-state index >= 15 is 0 Å². The van der Waals surface area contributed by atoms with Gasteiger partial charge in [-0.2, -0.15) is 0 Å². The van der Waals surface area contributed by atoms with Gasteiger partial charge < -0.3 is 5.11 Å². The largest absolute Gasteiger partial charge is 0.373 e. The number of nitrogens with zero attached hydrogens (tertiary/aromatic N) is 1. The van der Waals surface area contributed by atoms with Gasteiger partial charge >= 0.3 is 0 Å². The summed E-state index contributed by atoms with van der Waals surface area (Å²) in [7, 11) is 0. The first-order valence-electron chi connectivity index (χ1n) is 8.29. The van der Waals surface area contributed by atoms with Gasteiger partial charge in [-0.1, -0.05) is 55.0 Å². The summed E-state index contributed by atoms with van der Waals surface area (Å²) in [6.45, 7) is 3.10. The molecule has 2 aliphatic rings. The zero-order chi connectivity index (χ0) is 14.5. The molecule has 1 saturated heterocycles. The van der Waals surface area contributed by atoms with Gasteiger partial charge in [0.05, 0.1) is 6.54 Å². The molecule has 1 aliphatic carbocycles. The van der Waals surface area contributed by atoms with Crippen LogP contribution in [0.25, 0.3) is 0 Å². The second-order valence-electron chi connectivity index (χ2n) is 6.40. The lowest BCUT2D eigenvalue weighted by atomic mass is 9.80. The molecule has 1 N–H and O–H groups in total. The van der Waals surface area contributed by atoms with Crippen molar-refractivity contribution < 1.29 is 5.11 Å². The van der Waals surface area contributed by atoms with E-state index in [2.05, 4.69) is 16.7 Å².